The zero-order chi connectivity index (χ0) is 22.5. The normalized spacial score (nSPS) is 13.7. The van der Waals surface area contributed by atoms with E-state index in [1.807, 2.05) is 49.4 Å². The summed E-state index contributed by atoms with van der Waals surface area (Å²) >= 11 is 0. The molecular formula is C26H26FN3O2. The smallest absolute Gasteiger partial charge is 0.410 e. The number of nitrogens with zero attached hydrogens (tertiary/aromatic N) is 3. The number of piperazine rings is 1. The topological polar surface area (TPSA) is 45.7 Å². The van der Waals surface area contributed by atoms with Crippen molar-refractivity contribution >= 4 is 17.4 Å². The first-order valence-electron chi connectivity index (χ1n) is 10.6. The van der Waals surface area contributed by atoms with Gasteiger partial charge in [0.15, 0.2) is 0 Å². The number of carbonyl (C=O) groups excluding carboxylic acids is 1. The molecule has 1 amide bonds. The molecule has 5 nitrogen and oxygen atoms in total. The van der Waals surface area contributed by atoms with Crippen molar-refractivity contribution in [1.29, 1.82) is 0 Å². The quantitative estimate of drug-likeness (QED) is 0.544. The van der Waals surface area contributed by atoms with Crippen molar-refractivity contribution in [2.24, 2.45) is 0 Å². The molecule has 4 rings (SSSR count). The van der Waals surface area contributed by atoms with Crippen LogP contribution in [0.15, 0.2) is 73.3 Å². The van der Waals surface area contributed by atoms with Crippen molar-refractivity contribution in [3.8, 4) is 11.3 Å². The highest BCUT2D eigenvalue weighted by atomic mass is 19.1. The molecule has 0 bridgehead atoms. The number of pyridine rings is 1. The number of rotatable bonds is 5. The van der Waals surface area contributed by atoms with Crippen molar-refractivity contribution < 1.29 is 13.9 Å². The molecule has 1 aromatic heterocycles. The van der Waals surface area contributed by atoms with E-state index in [-0.39, 0.29) is 18.5 Å². The minimum absolute atomic E-state index is 0.271. The van der Waals surface area contributed by atoms with Gasteiger partial charge >= 0.3 is 6.09 Å². The van der Waals surface area contributed by atoms with Crippen molar-refractivity contribution in [2.45, 2.75) is 13.5 Å². The number of amides is 1. The number of anilines is 1. The minimum Gasteiger partial charge on any atom is -0.445 e. The Labute approximate surface area is 187 Å². The number of halogens is 1. The van der Waals surface area contributed by atoms with Crippen molar-refractivity contribution in [1.82, 2.24) is 9.88 Å². The Morgan fingerprint density at radius 3 is 2.38 bits per heavy atom. The summed E-state index contributed by atoms with van der Waals surface area (Å²) in [5.74, 6) is -0.277. The van der Waals surface area contributed by atoms with E-state index in [1.54, 1.807) is 17.0 Å². The monoisotopic (exact) mass is 431 g/mol. The summed E-state index contributed by atoms with van der Waals surface area (Å²) in [6, 6.07) is 20.0. The second-order valence-electron chi connectivity index (χ2n) is 7.90. The molecular weight excluding hydrogens is 405 g/mol. The lowest BCUT2D eigenvalue weighted by Gasteiger charge is -2.35. The highest BCUT2D eigenvalue weighted by Gasteiger charge is 2.23. The SMILES string of the molecule is C=C(C)c1cc(N2CCN(C(=O)OCc3ccccc3)CC2)cc(-c2ccc(F)cc2)n1. The fraction of sp³-hybridized carbons (Fsp3) is 0.231. The maximum Gasteiger partial charge on any atom is 0.410 e. The molecule has 0 radical (unpaired) electrons. The Morgan fingerprint density at radius 1 is 1.03 bits per heavy atom. The first kappa shape index (κ1) is 21.6. The predicted molar refractivity (Wildman–Crippen MR) is 125 cm³/mol. The summed E-state index contributed by atoms with van der Waals surface area (Å²) in [7, 11) is 0. The van der Waals surface area contributed by atoms with E-state index in [0.29, 0.717) is 26.2 Å². The van der Waals surface area contributed by atoms with Crippen molar-refractivity contribution in [2.75, 3.05) is 31.1 Å². The number of benzene rings is 2. The Bertz CT molecular complexity index is 1090. The Balaban J connectivity index is 1.44. The average molecular weight is 432 g/mol. The van der Waals surface area contributed by atoms with E-state index in [9.17, 15) is 9.18 Å². The summed E-state index contributed by atoms with van der Waals surface area (Å²) in [5, 5.41) is 0. The van der Waals surface area contributed by atoms with Crippen LogP contribution >= 0.6 is 0 Å². The predicted octanol–water partition coefficient (Wildman–Crippen LogP) is 5.38. The lowest BCUT2D eigenvalue weighted by atomic mass is 10.1. The third kappa shape index (κ3) is 5.14. The Morgan fingerprint density at radius 2 is 1.72 bits per heavy atom. The van der Waals surface area contributed by atoms with Crippen LogP contribution in [0.25, 0.3) is 16.8 Å². The number of aromatic nitrogens is 1. The van der Waals surface area contributed by atoms with Gasteiger partial charge in [-0.05, 0) is 54.5 Å². The zero-order valence-electron chi connectivity index (χ0n) is 18.1. The Kier molecular flexibility index (Phi) is 6.50. The summed E-state index contributed by atoms with van der Waals surface area (Å²) in [6.07, 6.45) is -0.294. The summed E-state index contributed by atoms with van der Waals surface area (Å²) in [4.78, 5) is 21.1. The van der Waals surface area contributed by atoms with Gasteiger partial charge in [-0.3, -0.25) is 0 Å². The van der Waals surface area contributed by atoms with E-state index in [0.717, 1.165) is 33.8 Å². The highest BCUT2D eigenvalue weighted by Crippen LogP contribution is 2.27. The summed E-state index contributed by atoms with van der Waals surface area (Å²) in [6.45, 7) is 8.73. The summed E-state index contributed by atoms with van der Waals surface area (Å²) < 4.78 is 18.8. The molecule has 0 saturated carbocycles. The molecule has 1 fully saturated rings. The standard InChI is InChI=1S/C26H26FN3O2/c1-19(2)24-16-23(17-25(28-24)21-8-10-22(27)11-9-21)29-12-14-30(15-13-29)26(31)32-18-20-6-4-3-5-7-20/h3-11,16-17H,1,12-15,18H2,2H3. The van der Waals surface area contributed by atoms with Crippen LogP contribution in [0.2, 0.25) is 0 Å². The van der Waals surface area contributed by atoms with Gasteiger partial charge < -0.3 is 14.5 Å². The second-order valence-corrected chi connectivity index (χ2v) is 7.90. The molecule has 1 aliphatic heterocycles. The number of hydrogen-bond donors (Lipinski definition) is 0. The van der Waals surface area contributed by atoms with E-state index in [2.05, 4.69) is 11.5 Å². The van der Waals surface area contributed by atoms with Crippen LogP contribution in [0.3, 0.4) is 0 Å². The van der Waals surface area contributed by atoms with Gasteiger partial charge in [0.1, 0.15) is 12.4 Å². The molecule has 0 unspecified atom stereocenters. The number of carbonyl (C=O) groups is 1. The molecule has 0 spiro atoms. The molecule has 0 N–H and O–H groups in total. The van der Waals surface area contributed by atoms with Gasteiger partial charge in [0.05, 0.1) is 11.4 Å². The van der Waals surface area contributed by atoms with Crippen LogP contribution in [-0.2, 0) is 11.3 Å². The highest BCUT2D eigenvalue weighted by molar-refractivity contribution is 5.72. The van der Waals surface area contributed by atoms with Crippen LogP contribution in [0, 0.1) is 5.82 Å². The van der Waals surface area contributed by atoms with E-state index < -0.39 is 0 Å². The van der Waals surface area contributed by atoms with E-state index >= 15 is 0 Å². The van der Waals surface area contributed by atoms with Gasteiger partial charge in [-0.2, -0.15) is 0 Å². The average Bonchev–Trinajstić information content (AvgIpc) is 2.83. The lowest BCUT2D eigenvalue weighted by molar-refractivity contribution is 0.0942. The van der Waals surface area contributed by atoms with Crippen LogP contribution < -0.4 is 4.90 Å². The van der Waals surface area contributed by atoms with Crippen molar-refractivity contribution in [3.05, 3.63) is 90.4 Å². The molecule has 6 heteroatoms. The fourth-order valence-corrected chi connectivity index (χ4v) is 3.64. The summed E-state index contributed by atoms with van der Waals surface area (Å²) in [5.41, 5.74) is 5.25. The fourth-order valence-electron chi connectivity index (χ4n) is 3.64. The first-order chi connectivity index (χ1) is 15.5. The van der Waals surface area contributed by atoms with Crippen LogP contribution in [0.1, 0.15) is 18.2 Å². The third-order valence-corrected chi connectivity index (χ3v) is 5.50. The van der Waals surface area contributed by atoms with Gasteiger partial charge in [0.2, 0.25) is 0 Å². The molecule has 164 valence electrons. The molecule has 32 heavy (non-hydrogen) atoms. The molecule has 0 aliphatic carbocycles. The number of allylic oxidation sites excluding steroid dienone is 1. The van der Waals surface area contributed by atoms with Gasteiger partial charge in [0.25, 0.3) is 0 Å². The maximum atomic E-state index is 13.3. The van der Waals surface area contributed by atoms with Crippen LogP contribution in [0.4, 0.5) is 14.9 Å². The molecule has 2 aromatic carbocycles. The molecule has 1 saturated heterocycles. The van der Waals surface area contributed by atoms with Gasteiger partial charge in [0, 0.05) is 37.4 Å². The molecule has 3 aromatic rings. The molecule has 0 atom stereocenters. The van der Waals surface area contributed by atoms with Gasteiger partial charge in [-0.25, -0.2) is 14.2 Å². The van der Waals surface area contributed by atoms with Crippen molar-refractivity contribution in [3.63, 3.8) is 0 Å². The molecule has 1 aliphatic rings. The van der Waals surface area contributed by atoms with Gasteiger partial charge in [-0.1, -0.05) is 36.9 Å². The van der Waals surface area contributed by atoms with Gasteiger partial charge in [-0.15, -0.1) is 0 Å². The van der Waals surface area contributed by atoms with Crippen LogP contribution in [0.5, 0.6) is 0 Å². The lowest BCUT2D eigenvalue weighted by Crippen LogP contribution is -2.49. The minimum atomic E-state index is -0.294. The molecule has 2 heterocycles. The first-order valence-corrected chi connectivity index (χ1v) is 10.6. The maximum absolute atomic E-state index is 13.3. The van der Waals surface area contributed by atoms with E-state index in [4.69, 9.17) is 9.72 Å². The number of hydrogen-bond acceptors (Lipinski definition) is 4. The van der Waals surface area contributed by atoms with Crippen LogP contribution in [-0.4, -0.2) is 42.2 Å². The zero-order valence-corrected chi connectivity index (χ0v) is 18.1. The van der Waals surface area contributed by atoms with E-state index in [1.165, 1.54) is 12.1 Å². The Hall–Kier alpha value is -3.67. The third-order valence-electron chi connectivity index (χ3n) is 5.50. The second kappa shape index (κ2) is 9.64. The largest absolute Gasteiger partial charge is 0.445 e. The number of ether oxygens (including phenoxy) is 1.